The van der Waals surface area contributed by atoms with E-state index in [-0.39, 0.29) is 0 Å². The molecule has 0 saturated carbocycles. The van der Waals surface area contributed by atoms with E-state index < -0.39 is 0 Å². The third-order valence-corrected chi connectivity index (χ3v) is 3.74. The number of carbonyl (C=O) groups is 1. The fourth-order valence-electron chi connectivity index (χ4n) is 3.00. The van der Waals surface area contributed by atoms with Gasteiger partial charge in [0.1, 0.15) is 5.76 Å². The van der Waals surface area contributed by atoms with E-state index in [0.717, 1.165) is 30.7 Å². The van der Waals surface area contributed by atoms with Gasteiger partial charge in [0, 0.05) is 12.1 Å². The summed E-state index contributed by atoms with van der Waals surface area (Å²) >= 11 is 0. The zero-order valence-corrected chi connectivity index (χ0v) is 8.69. The van der Waals surface area contributed by atoms with Crippen molar-refractivity contribution in [2.75, 3.05) is 0 Å². The number of carbonyl (C=O) groups excluding carboxylic acids is 1. The van der Waals surface area contributed by atoms with E-state index in [4.69, 9.17) is 4.42 Å². The van der Waals surface area contributed by atoms with Gasteiger partial charge in [0.2, 0.25) is 0 Å². The Kier molecular flexibility index (Phi) is 2.13. The van der Waals surface area contributed by atoms with Crippen molar-refractivity contribution in [3.63, 3.8) is 0 Å². The van der Waals surface area contributed by atoms with Crippen LogP contribution in [0.3, 0.4) is 0 Å². The van der Waals surface area contributed by atoms with Crippen LogP contribution in [0, 0.1) is 0 Å². The topological polar surface area (TPSA) is 33.5 Å². The van der Waals surface area contributed by atoms with Crippen molar-refractivity contribution in [2.24, 2.45) is 0 Å². The van der Waals surface area contributed by atoms with Gasteiger partial charge >= 0.3 is 0 Å². The van der Waals surface area contributed by atoms with Crippen LogP contribution in [0.1, 0.15) is 42.0 Å². The Balaban J connectivity index is 1.72. The lowest BCUT2D eigenvalue weighted by Crippen LogP contribution is -2.27. The summed E-state index contributed by atoms with van der Waals surface area (Å²) in [6.45, 7) is 0.878. The number of hydrogen-bond donors (Lipinski definition) is 0. The average Bonchev–Trinajstić information content (AvgIpc) is 2.96. The van der Waals surface area contributed by atoms with Crippen LogP contribution >= 0.6 is 0 Å². The Bertz CT molecular complexity index is 351. The first-order chi connectivity index (χ1) is 7.36. The highest BCUT2D eigenvalue weighted by Gasteiger charge is 2.39. The van der Waals surface area contributed by atoms with E-state index in [1.54, 1.807) is 6.07 Å². The van der Waals surface area contributed by atoms with E-state index in [0.29, 0.717) is 5.76 Å². The summed E-state index contributed by atoms with van der Waals surface area (Å²) in [5.74, 6) is 1.37. The molecule has 80 valence electrons. The summed E-state index contributed by atoms with van der Waals surface area (Å²) in [5, 5.41) is 0. The fourth-order valence-corrected chi connectivity index (χ4v) is 3.00. The van der Waals surface area contributed by atoms with Crippen LogP contribution in [-0.4, -0.2) is 23.3 Å². The number of furan rings is 1. The average molecular weight is 205 g/mol. The molecule has 0 aliphatic carbocycles. The van der Waals surface area contributed by atoms with Crippen molar-refractivity contribution in [1.82, 2.24) is 4.90 Å². The summed E-state index contributed by atoms with van der Waals surface area (Å²) in [5.41, 5.74) is 0. The SMILES string of the molecule is O=Cc1ccc(CN2C3CCC2CC3)o1. The Morgan fingerprint density at radius 2 is 1.93 bits per heavy atom. The summed E-state index contributed by atoms with van der Waals surface area (Å²) < 4.78 is 5.41. The molecule has 2 bridgehead atoms. The maximum absolute atomic E-state index is 10.5. The molecule has 1 aromatic heterocycles. The highest BCUT2D eigenvalue weighted by molar-refractivity contribution is 5.70. The molecule has 15 heavy (non-hydrogen) atoms. The predicted molar refractivity (Wildman–Crippen MR) is 55.7 cm³/mol. The second kappa shape index (κ2) is 3.49. The zero-order valence-electron chi connectivity index (χ0n) is 8.69. The highest BCUT2D eigenvalue weighted by Crippen LogP contribution is 2.38. The lowest BCUT2D eigenvalue weighted by atomic mass is 10.0. The normalized spacial score (nSPS) is 29.9. The molecule has 0 amide bonds. The summed E-state index contributed by atoms with van der Waals surface area (Å²) in [7, 11) is 0. The second-order valence-corrected chi connectivity index (χ2v) is 4.56. The van der Waals surface area contributed by atoms with Crippen molar-refractivity contribution < 1.29 is 9.21 Å². The third-order valence-electron chi connectivity index (χ3n) is 3.74. The standard InChI is InChI=1S/C12H15NO2/c14-8-12-6-5-11(15-12)7-13-9-1-2-10(13)4-3-9/h5-6,8-10H,1-4,7H2. The van der Waals surface area contributed by atoms with Gasteiger partial charge in [-0.1, -0.05) is 0 Å². The predicted octanol–water partition coefficient (Wildman–Crippen LogP) is 2.22. The van der Waals surface area contributed by atoms with Gasteiger partial charge in [-0.15, -0.1) is 0 Å². The molecule has 2 aliphatic heterocycles. The van der Waals surface area contributed by atoms with Crippen molar-refractivity contribution in [3.8, 4) is 0 Å². The Morgan fingerprint density at radius 1 is 1.27 bits per heavy atom. The van der Waals surface area contributed by atoms with Gasteiger partial charge in [-0.3, -0.25) is 9.69 Å². The lowest BCUT2D eigenvalue weighted by Gasteiger charge is -2.19. The third kappa shape index (κ3) is 1.51. The molecule has 2 aliphatic rings. The molecule has 1 aromatic rings. The van der Waals surface area contributed by atoms with Crippen LogP contribution in [0.2, 0.25) is 0 Å². The molecule has 3 rings (SSSR count). The number of aldehydes is 1. The molecular weight excluding hydrogens is 190 g/mol. The van der Waals surface area contributed by atoms with E-state index >= 15 is 0 Å². The van der Waals surface area contributed by atoms with Gasteiger partial charge < -0.3 is 4.42 Å². The van der Waals surface area contributed by atoms with Crippen molar-refractivity contribution in [1.29, 1.82) is 0 Å². The lowest BCUT2D eigenvalue weighted by molar-refractivity contribution is 0.109. The highest BCUT2D eigenvalue weighted by atomic mass is 16.3. The maximum atomic E-state index is 10.5. The zero-order chi connectivity index (χ0) is 10.3. The molecule has 0 radical (unpaired) electrons. The first-order valence-electron chi connectivity index (χ1n) is 5.66. The van der Waals surface area contributed by atoms with Crippen LogP contribution in [0.25, 0.3) is 0 Å². The molecule has 3 heterocycles. The number of rotatable bonds is 3. The number of hydrogen-bond acceptors (Lipinski definition) is 3. The summed E-state index contributed by atoms with van der Waals surface area (Å²) in [4.78, 5) is 13.0. The van der Waals surface area contributed by atoms with Gasteiger partial charge in [0.15, 0.2) is 12.0 Å². The molecule has 2 fully saturated rings. The molecule has 0 spiro atoms. The van der Waals surface area contributed by atoms with Crippen LogP contribution in [0.15, 0.2) is 16.5 Å². The quantitative estimate of drug-likeness (QED) is 0.709. The summed E-state index contributed by atoms with van der Waals surface area (Å²) in [6.07, 6.45) is 6.12. The van der Waals surface area contributed by atoms with Crippen molar-refractivity contribution >= 4 is 6.29 Å². The first-order valence-corrected chi connectivity index (χ1v) is 5.66. The second-order valence-electron chi connectivity index (χ2n) is 4.56. The smallest absolute Gasteiger partial charge is 0.185 e. The molecule has 3 nitrogen and oxygen atoms in total. The molecule has 0 atom stereocenters. The van der Waals surface area contributed by atoms with Crippen LogP contribution < -0.4 is 0 Å². The summed E-state index contributed by atoms with van der Waals surface area (Å²) in [6, 6.07) is 5.20. The van der Waals surface area contributed by atoms with E-state index in [1.165, 1.54) is 25.7 Å². The molecular formula is C12H15NO2. The Morgan fingerprint density at radius 3 is 2.47 bits per heavy atom. The van der Waals surface area contributed by atoms with Gasteiger partial charge in [0.25, 0.3) is 0 Å². The van der Waals surface area contributed by atoms with Crippen LogP contribution in [-0.2, 0) is 6.54 Å². The molecule has 0 aromatic carbocycles. The van der Waals surface area contributed by atoms with E-state index in [2.05, 4.69) is 4.90 Å². The molecule has 2 saturated heterocycles. The Labute approximate surface area is 89.1 Å². The monoisotopic (exact) mass is 205 g/mol. The van der Waals surface area contributed by atoms with Gasteiger partial charge in [0.05, 0.1) is 6.54 Å². The molecule has 0 unspecified atom stereocenters. The largest absolute Gasteiger partial charge is 0.457 e. The van der Waals surface area contributed by atoms with Gasteiger partial charge in [-0.05, 0) is 37.8 Å². The van der Waals surface area contributed by atoms with Crippen LogP contribution in [0.4, 0.5) is 0 Å². The minimum atomic E-state index is 0.441. The fraction of sp³-hybridized carbons (Fsp3) is 0.583. The first kappa shape index (κ1) is 9.16. The van der Waals surface area contributed by atoms with Gasteiger partial charge in [-0.25, -0.2) is 0 Å². The minimum Gasteiger partial charge on any atom is -0.457 e. The van der Waals surface area contributed by atoms with Gasteiger partial charge in [-0.2, -0.15) is 0 Å². The Hall–Kier alpha value is -1.09. The number of fused-ring (bicyclic) bond motifs is 2. The maximum Gasteiger partial charge on any atom is 0.185 e. The molecule has 3 heteroatoms. The number of nitrogens with zero attached hydrogens (tertiary/aromatic N) is 1. The minimum absolute atomic E-state index is 0.441. The van der Waals surface area contributed by atoms with Crippen molar-refractivity contribution in [3.05, 3.63) is 23.7 Å². The van der Waals surface area contributed by atoms with Crippen LogP contribution in [0.5, 0.6) is 0 Å². The molecule has 0 N–H and O–H groups in total. The van der Waals surface area contributed by atoms with E-state index in [9.17, 15) is 4.79 Å². The van der Waals surface area contributed by atoms with E-state index in [1.807, 2.05) is 6.07 Å². The van der Waals surface area contributed by atoms with Crippen molar-refractivity contribution in [2.45, 2.75) is 44.3 Å².